The predicted molar refractivity (Wildman–Crippen MR) is 389 cm³/mol. The van der Waals surface area contributed by atoms with E-state index in [9.17, 15) is 35.1 Å². The summed E-state index contributed by atoms with van der Waals surface area (Å²) in [7, 11) is 0. The minimum absolute atomic E-state index is 0.00634. The number of rotatable bonds is 71. The van der Waals surface area contributed by atoms with Gasteiger partial charge in [-0.15, -0.1) is 0 Å². The van der Waals surface area contributed by atoms with Crippen molar-refractivity contribution in [2.75, 3.05) is 19.8 Å². The van der Waals surface area contributed by atoms with E-state index < -0.39 is 49.5 Å². The molecule has 1 aliphatic rings. The second kappa shape index (κ2) is 70.0. The summed E-state index contributed by atoms with van der Waals surface area (Å²) in [6.45, 7) is 4.36. The number of carbonyl (C=O) groups is 2. The van der Waals surface area contributed by atoms with Crippen LogP contribution < -0.4 is 5.32 Å². The van der Waals surface area contributed by atoms with Crippen molar-refractivity contribution in [1.29, 1.82) is 0 Å². The Hall–Kier alpha value is -2.38. The molecule has 11 heteroatoms. The molecule has 7 atom stereocenters. The van der Waals surface area contributed by atoms with Gasteiger partial charge in [-0.25, -0.2) is 0 Å². The van der Waals surface area contributed by atoms with E-state index in [1.165, 1.54) is 302 Å². The maximum Gasteiger partial charge on any atom is 0.305 e. The van der Waals surface area contributed by atoms with E-state index in [-0.39, 0.29) is 18.5 Å². The van der Waals surface area contributed by atoms with Crippen molar-refractivity contribution in [2.45, 2.75) is 436 Å². The topological polar surface area (TPSA) is 175 Å². The van der Waals surface area contributed by atoms with Gasteiger partial charge in [-0.1, -0.05) is 339 Å². The maximum absolute atomic E-state index is 13.1. The van der Waals surface area contributed by atoms with Crippen molar-refractivity contribution >= 4 is 11.9 Å². The number of esters is 1. The lowest BCUT2D eigenvalue weighted by Crippen LogP contribution is -2.60. The predicted octanol–water partition coefficient (Wildman–Crippen LogP) is 21.5. The number of ether oxygens (including phenoxy) is 3. The Balaban J connectivity index is 1.89. The van der Waals surface area contributed by atoms with E-state index in [1.54, 1.807) is 6.08 Å². The van der Waals surface area contributed by atoms with E-state index in [1.807, 2.05) is 6.08 Å². The average Bonchev–Trinajstić information content (AvgIpc) is 1.02. The summed E-state index contributed by atoms with van der Waals surface area (Å²) in [5, 5.41) is 54.5. The zero-order chi connectivity index (χ0) is 66.5. The second-order valence-corrected chi connectivity index (χ2v) is 27.8. The minimum Gasteiger partial charge on any atom is -0.466 e. The van der Waals surface area contributed by atoms with Crippen LogP contribution in [-0.4, -0.2) is 100 Å². The molecule has 6 N–H and O–H groups in total. The molecular weight excluding hydrogens is 1150 g/mol. The Morgan fingerprint density at radius 3 is 1.11 bits per heavy atom. The normalized spacial score (nSPS) is 17.8. The lowest BCUT2D eigenvalue weighted by atomic mass is 9.99. The van der Waals surface area contributed by atoms with Crippen LogP contribution >= 0.6 is 0 Å². The Bertz CT molecular complexity index is 1670. The fourth-order valence-corrected chi connectivity index (χ4v) is 12.6. The monoisotopic (exact) mass is 1300 g/mol. The average molecular weight is 1300 g/mol. The number of aliphatic hydroxyl groups excluding tert-OH is 5. The molecule has 0 saturated carbocycles. The van der Waals surface area contributed by atoms with Gasteiger partial charge < -0.3 is 45.1 Å². The summed E-state index contributed by atoms with van der Waals surface area (Å²) >= 11 is 0. The van der Waals surface area contributed by atoms with Gasteiger partial charge in [0.2, 0.25) is 5.91 Å². The molecule has 1 rings (SSSR count). The third-order valence-corrected chi connectivity index (χ3v) is 18.9. The number of hydrogen-bond acceptors (Lipinski definition) is 10. The molecule has 1 amide bonds. The number of carbonyl (C=O) groups excluding carboxylic acids is 2. The Morgan fingerprint density at radius 2 is 0.728 bits per heavy atom. The third-order valence-electron chi connectivity index (χ3n) is 18.9. The standard InChI is InChI=1S/C81H151NO10/c1-3-5-7-9-11-13-15-16-45-49-53-57-61-65-69-77(86)90-70-66-62-58-54-50-46-43-41-39-37-35-33-31-29-27-25-23-21-19-17-18-20-22-24-26-28-30-32-34-36-38-40-42-44-48-52-56-60-64-68-76(85)82-73(72-91-81-80(89)79(88)78(87)75(71-83)92-81)74(84)67-63-59-55-51-47-14-12-10-8-6-4-2/h15-18,21,23,63,67,73-75,78-81,83-84,87-89H,3-14,19-20,22,24-62,64-66,68-72H2,1-2H3,(H,82,85)/b16-15-,18-17-,23-21-,67-63+. The molecule has 7 unspecified atom stereocenters. The highest BCUT2D eigenvalue weighted by Crippen LogP contribution is 2.24. The van der Waals surface area contributed by atoms with Crippen LogP contribution in [0.4, 0.5) is 0 Å². The Kier molecular flexibility index (Phi) is 66.6. The highest BCUT2D eigenvalue weighted by Gasteiger charge is 2.44. The number of allylic oxidation sites excluding steroid dienone is 7. The molecule has 1 saturated heterocycles. The molecule has 540 valence electrons. The molecule has 0 aliphatic carbocycles. The van der Waals surface area contributed by atoms with Crippen molar-refractivity contribution in [3.8, 4) is 0 Å². The van der Waals surface area contributed by atoms with Crippen LogP contribution in [0.15, 0.2) is 48.6 Å². The van der Waals surface area contributed by atoms with E-state index in [0.717, 1.165) is 64.2 Å². The van der Waals surface area contributed by atoms with Gasteiger partial charge in [-0.2, -0.15) is 0 Å². The third kappa shape index (κ3) is 57.8. The molecule has 1 heterocycles. The first-order valence-electron chi connectivity index (χ1n) is 39.9. The Morgan fingerprint density at radius 1 is 0.402 bits per heavy atom. The molecule has 0 spiro atoms. The van der Waals surface area contributed by atoms with Gasteiger partial charge >= 0.3 is 5.97 Å². The van der Waals surface area contributed by atoms with Crippen molar-refractivity contribution in [3.05, 3.63) is 48.6 Å². The zero-order valence-electron chi connectivity index (χ0n) is 60.3. The fourth-order valence-electron chi connectivity index (χ4n) is 12.6. The van der Waals surface area contributed by atoms with Crippen molar-refractivity contribution < 1.29 is 49.3 Å². The van der Waals surface area contributed by atoms with Gasteiger partial charge in [0.05, 0.1) is 32.0 Å². The highest BCUT2D eigenvalue weighted by atomic mass is 16.7. The largest absolute Gasteiger partial charge is 0.466 e. The molecule has 92 heavy (non-hydrogen) atoms. The number of nitrogens with one attached hydrogen (secondary N) is 1. The lowest BCUT2D eigenvalue weighted by Gasteiger charge is -2.40. The lowest BCUT2D eigenvalue weighted by molar-refractivity contribution is -0.302. The number of unbranched alkanes of at least 4 members (excludes halogenated alkanes) is 51. The van der Waals surface area contributed by atoms with Gasteiger partial charge in [0.25, 0.3) is 0 Å². The number of aliphatic hydroxyl groups is 5. The Labute approximate surface area is 567 Å². The molecule has 0 aromatic heterocycles. The minimum atomic E-state index is -1.57. The first kappa shape index (κ1) is 87.6. The maximum atomic E-state index is 13.1. The number of amides is 1. The summed E-state index contributed by atoms with van der Waals surface area (Å²) in [5.74, 6) is -0.171. The van der Waals surface area contributed by atoms with E-state index in [4.69, 9.17) is 14.2 Å². The summed E-state index contributed by atoms with van der Waals surface area (Å²) < 4.78 is 16.8. The van der Waals surface area contributed by atoms with Gasteiger partial charge in [-0.05, 0) is 89.9 Å². The van der Waals surface area contributed by atoms with Gasteiger partial charge in [-0.3, -0.25) is 9.59 Å². The first-order chi connectivity index (χ1) is 45.2. The van der Waals surface area contributed by atoms with E-state index >= 15 is 0 Å². The van der Waals surface area contributed by atoms with Crippen LogP contribution in [0.2, 0.25) is 0 Å². The van der Waals surface area contributed by atoms with Crippen molar-refractivity contribution in [3.63, 3.8) is 0 Å². The molecule has 0 bridgehead atoms. The van der Waals surface area contributed by atoms with Gasteiger partial charge in [0.1, 0.15) is 24.4 Å². The quantitative estimate of drug-likeness (QED) is 0.0195. The molecule has 1 fully saturated rings. The van der Waals surface area contributed by atoms with Crippen LogP contribution in [0, 0.1) is 0 Å². The van der Waals surface area contributed by atoms with Crippen LogP contribution in [0.3, 0.4) is 0 Å². The first-order valence-corrected chi connectivity index (χ1v) is 39.9. The summed E-state index contributed by atoms with van der Waals surface area (Å²) in [5.41, 5.74) is 0. The van der Waals surface area contributed by atoms with Crippen molar-refractivity contribution in [1.82, 2.24) is 5.32 Å². The van der Waals surface area contributed by atoms with Crippen LogP contribution in [0.1, 0.15) is 393 Å². The van der Waals surface area contributed by atoms with Crippen LogP contribution in [0.25, 0.3) is 0 Å². The smallest absolute Gasteiger partial charge is 0.305 e. The zero-order valence-corrected chi connectivity index (χ0v) is 60.3. The molecule has 0 radical (unpaired) electrons. The molecule has 0 aromatic rings. The second-order valence-electron chi connectivity index (χ2n) is 27.8. The summed E-state index contributed by atoms with van der Waals surface area (Å²) in [6.07, 6.45) is 82.9. The molecular formula is C81H151NO10. The van der Waals surface area contributed by atoms with E-state index in [0.29, 0.717) is 19.4 Å². The van der Waals surface area contributed by atoms with Crippen LogP contribution in [-0.2, 0) is 23.8 Å². The summed E-state index contributed by atoms with van der Waals surface area (Å²) in [6, 6.07) is -0.807. The summed E-state index contributed by atoms with van der Waals surface area (Å²) in [4.78, 5) is 25.1. The van der Waals surface area contributed by atoms with Crippen LogP contribution in [0.5, 0.6) is 0 Å². The SMILES string of the molecule is CCCCCCC/C=C\CCCCCCCC(=O)OCCCCCCCCCCCCCCCCC/C=C\C/C=C\CCCCCCCCCCCCCCCCCCCC(=O)NC(COC1OC(CO)C(O)C(O)C1O)C(O)/C=C/CCCCCCCCCCC. The molecule has 1 aliphatic heterocycles. The van der Waals surface area contributed by atoms with Gasteiger partial charge in [0, 0.05) is 12.8 Å². The fraction of sp³-hybridized carbons (Fsp3) is 0.877. The molecule has 11 nitrogen and oxygen atoms in total. The van der Waals surface area contributed by atoms with E-state index in [2.05, 4.69) is 55.6 Å². The highest BCUT2D eigenvalue weighted by molar-refractivity contribution is 5.76. The van der Waals surface area contributed by atoms with Gasteiger partial charge in [0.15, 0.2) is 6.29 Å². The number of hydrogen-bond donors (Lipinski definition) is 6. The van der Waals surface area contributed by atoms with Crippen molar-refractivity contribution in [2.24, 2.45) is 0 Å². The molecule has 0 aromatic carbocycles.